The minimum absolute atomic E-state index is 0.0715. The molecule has 1 heterocycles. The normalized spacial score (nSPS) is 14.9. The minimum Gasteiger partial charge on any atom is -0.497 e. The largest absolute Gasteiger partial charge is 0.497 e. The van der Waals surface area contributed by atoms with Crippen LogP contribution in [-0.2, 0) is 16.1 Å². The number of nitro benzene ring substituents is 1. The Morgan fingerprint density at radius 2 is 1.86 bits per heavy atom. The van der Waals surface area contributed by atoms with Gasteiger partial charge >= 0.3 is 0 Å². The van der Waals surface area contributed by atoms with Gasteiger partial charge in [0.1, 0.15) is 23.3 Å². The van der Waals surface area contributed by atoms with E-state index in [0.29, 0.717) is 34.1 Å². The second-order valence-corrected chi connectivity index (χ2v) is 7.72. The van der Waals surface area contributed by atoms with Crippen molar-refractivity contribution in [1.29, 1.82) is 0 Å². The molecule has 0 fully saturated rings. The van der Waals surface area contributed by atoms with Gasteiger partial charge in [-0.2, -0.15) is 0 Å². The van der Waals surface area contributed by atoms with Crippen LogP contribution >= 0.6 is 0 Å². The van der Waals surface area contributed by atoms with Crippen molar-refractivity contribution >= 4 is 23.2 Å². The maximum atomic E-state index is 13.6. The highest BCUT2D eigenvalue weighted by Gasteiger charge is 2.36. The van der Waals surface area contributed by atoms with E-state index in [1.807, 2.05) is 0 Å². The van der Waals surface area contributed by atoms with Crippen LogP contribution in [0.2, 0.25) is 0 Å². The first-order chi connectivity index (χ1) is 16.9. The Morgan fingerprint density at radius 1 is 1.11 bits per heavy atom. The van der Waals surface area contributed by atoms with Gasteiger partial charge in [0.15, 0.2) is 6.61 Å². The Labute approximate surface area is 201 Å². The van der Waals surface area contributed by atoms with Gasteiger partial charge in [0.05, 0.1) is 25.7 Å². The van der Waals surface area contributed by atoms with Crippen LogP contribution in [0.3, 0.4) is 0 Å². The predicted octanol–water partition coefficient (Wildman–Crippen LogP) is 3.71. The molecule has 10 nitrogen and oxygen atoms in total. The number of carbonyl (C=O) groups excluding carboxylic acids is 2. The maximum absolute atomic E-state index is 13.6. The van der Waals surface area contributed by atoms with Crippen LogP contribution in [0.5, 0.6) is 17.2 Å². The average Bonchev–Trinajstić information content (AvgIpc) is 3.01. The van der Waals surface area contributed by atoms with Crippen LogP contribution < -0.4 is 19.5 Å². The lowest BCUT2D eigenvalue weighted by molar-refractivity contribution is -0.384. The summed E-state index contributed by atoms with van der Waals surface area (Å²) in [6.07, 6.45) is 0. The third kappa shape index (κ3) is 5.01. The van der Waals surface area contributed by atoms with Gasteiger partial charge in [-0.05, 0) is 30.3 Å². The number of nitrogens with one attached hydrogen (secondary N) is 1. The molecule has 0 saturated heterocycles. The Hall–Kier alpha value is -4.60. The van der Waals surface area contributed by atoms with E-state index >= 15 is 0 Å². The van der Waals surface area contributed by atoms with Crippen LogP contribution in [0.4, 0.5) is 11.4 Å². The van der Waals surface area contributed by atoms with Crippen molar-refractivity contribution < 1.29 is 28.7 Å². The number of carbonyl (C=O) groups is 2. The summed E-state index contributed by atoms with van der Waals surface area (Å²) in [5, 5.41) is 13.7. The number of para-hydroxylation sites is 1. The second kappa shape index (κ2) is 10.1. The highest BCUT2D eigenvalue weighted by Crippen LogP contribution is 2.36. The van der Waals surface area contributed by atoms with E-state index in [9.17, 15) is 19.7 Å². The van der Waals surface area contributed by atoms with Crippen molar-refractivity contribution in [2.45, 2.75) is 12.6 Å². The molecule has 35 heavy (non-hydrogen) atoms. The summed E-state index contributed by atoms with van der Waals surface area (Å²) < 4.78 is 16.4. The molecule has 1 N–H and O–H groups in total. The van der Waals surface area contributed by atoms with Gasteiger partial charge < -0.3 is 24.4 Å². The summed E-state index contributed by atoms with van der Waals surface area (Å²) >= 11 is 0. The van der Waals surface area contributed by atoms with Crippen LogP contribution in [0.1, 0.15) is 17.2 Å². The molecule has 0 bridgehead atoms. The van der Waals surface area contributed by atoms with Crippen LogP contribution in [-0.4, -0.2) is 42.5 Å². The van der Waals surface area contributed by atoms with Gasteiger partial charge in [0.2, 0.25) is 0 Å². The predicted molar refractivity (Wildman–Crippen MR) is 127 cm³/mol. The van der Waals surface area contributed by atoms with Crippen molar-refractivity contribution in [2.75, 3.05) is 26.1 Å². The van der Waals surface area contributed by atoms with E-state index in [2.05, 4.69) is 5.32 Å². The van der Waals surface area contributed by atoms with E-state index < -0.39 is 16.9 Å². The molecule has 4 rings (SSSR count). The number of fused-ring (bicyclic) bond motifs is 1. The number of rotatable bonds is 7. The molecule has 0 aromatic heterocycles. The first kappa shape index (κ1) is 23.6. The third-order valence-electron chi connectivity index (χ3n) is 5.63. The average molecular weight is 477 g/mol. The number of hydrogen-bond donors (Lipinski definition) is 1. The number of methoxy groups -OCH3 is 2. The van der Waals surface area contributed by atoms with Crippen LogP contribution in [0.15, 0.2) is 66.7 Å². The molecule has 3 aromatic rings. The number of benzene rings is 3. The molecule has 0 aliphatic carbocycles. The number of anilines is 1. The van der Waals surface area contributed by atoms with Crippen molar-refractivity contribution in [2.24, 2.45) is 0 Å². The molecule has 1 aliphatic heterocycles. The number of nitrogens with zero attached hydrogens (tertiary/aromatic N) is 2. The fourth-order valence-corrected chi connectivity index (χ4v) is 3.88. The zero-order valence-corrected chi connectivity index (χ0v) is 19.1. The number of nitro groups is 1. The van der Waals surface area contributed by atoms with E-state index in [1.165, 1.54) is 36.3 Å². The van der Waals surface area contributed by atoms with E-state index in [4.69, 9.17) is 14.2 Å². The minimum atomic E-state index is -1.02. The van der Waals surface area contributed by atoms with Crippen molar-refractivity contribution in [3.63, 3.8) is 0 Å². The SMILES string of the molecule is COc1ccc(CN2C(=O)COc3ccccc3C2C(=O)Nc2ccc([N+](=O)[O-])cc2)c(OC)c1. The van der Waals surface area contributed by atoms with Gasteiger partial charge in [-0.15, -0.1) is 0 Å². The lowest BCUT2D eigenvalue weighted by Gasteiger charge is -2.30. The van der Waals surface area contributed by atoms with Gasteiger partial charge in [-0.1, -0.05) is 18.2 Å². The molecule has 10 heteroatoms. The molecule has 0 radical (unpaired) electrons. The Bertz CT molecular complexity index is 1260. The molecule has 3 aromatic carbocycles. The topological polar surface area (TPSA) is 120 Å². The first-order valence-corrected chi connectivity index (χ1v) is 10.7. The van der Waals surface area contributed by atoms with Crippen molar-refractivity contribution in [3.8, 4) is 17.2 Å². The monoisotopic (exact) mass is 477 g/mol. The van der Waals surface area contributed by atoms with Crippen LogP contribution in [0.25, 0.3) is 0 Å². The highest BCUT2D eigenvalue weighted by atomic mass is 16.6. The lowest BCUT2D eigenvalue weighted by atomic mass is 10.0. The number of non-ortho nitro benzene ring substituents is 1. The summed E-state index contributed by atoms with van der Waals surface area (Å²) in [4.78, 5) is 38.6. The summed E-state index contributed by atoms with van der Waals surface area (Å²) in [6.45, 7) is -0.168. The molecule has 1 atom stereocenters. The molecular formula is C25H23N3O7. The van der Waals surface area contributed by atoms with Crippen molar-refractivity contribution in [1.82, 2.24) is 4.90 Å². The zero-order chi connectivity index (χ0) is 24.9. The zero-order valence-electron chi connectivity index (χ0n) is 19.1. The lowest BCUT2D eigenvalue weighted by Crippen LogP contribution is -2.41. The summed E-state index contributed by atoms with van der Waals surface area (Å²) in [6, 6.07) is 16.6. The first-order valence-electron chi connectivity index (χ1n) is 10.7. The van der Waals surface area contributed by atoms with Crippen LogP contribution in [0, 0.1) is 10.1 Å². The fourth-order valence-electron chi connectivity index (χ4n) is 3.88. The quantitative estimate of drug-likeness (QED) is 0.407. The Balaban J connectivity index is 1.71. The van der Waals surface area contributed by atoms with Gasteiger partial charge in [-0.25, -0.2) is 0 Å². The number of amides is 2. The molecule has 1 aliphatic rings. The number of hydrogen-bond acceptors (Lipinski definition) is 7. The second-order valence-electron chi connectivity index (χ2n) is 7.72. The highest BCUT2D eigenvalue weighted by molar-refractivity contribution is 5.99. The smallest absolute Gasteiger partial charge is 0.269 e. The fraction of sp³-hybridized carbons (Fsp3) is 0.200. The third-order valence-corrected chi connectivity index (χ3v) is 5.63. The standard InChI is InChI=1S/C25H23N3O7/c1-33-19-12-7-16(22(13-19)34-2)14-27-23(29)15-35-21-6-4-3-5-20(21)24(27)25(30)26-17-8-10-18(11-9-17)28(31)32/h3-13,24H,14-15H2,1-2H3,(H,26,30). The van der Waals surface area contributed by atoms with Crippen molar-refractivity contribution in [3.05, 3.63) is 88.0 Å². The molecule has 1 unspecified atom stereocenters. The molecule has 0 saturated carbocycles. The van der Waals surface area contributed by atoms with Gasteiger partial charge in [0.25, 0.3) is 17.5 Å². The molecule has 2 amide bonds. The molecule has 0 spiro atoms. The van der Waals surface area contributed by atoms with Gasteiger partial charge in [-0.3, -0.25) is 19.7 Å². The van der Waals surface area contributed by atoms with E-state index in [1.54, 1.807) is 49.6 Å². The van der Waals surface area contributed by atoms with E-state index in [-0.39, 0.29) is 24.7 Å². The summed E-state index contributed by atoms with van der Waals surface area (Å²) in [5.41, 5.74) is 1.46. The maximum Gasteiger partial charge on any atom is 0.269 e. The molecular weight excluding hydrogens is 454 g/mol. The Kier molecular flexibility index (Phi) is 6.81. The van der Waals surface area contributed by atoms with E-state index in [0.717, 1.165) is 0 Å². The Morgan fingerprint density at radius 3 is 2.54 bits per heavy atom. The number of ether oxygens (including phenoxy) is 3. The van der Waals surface area contributed by atoms with Gasteiger partial charge in [0, 0.05) is 35.0 Å². The molecule has 180 valence electrons. The summed E-state index contributed by atoms with van der Waals surface area (Å²) in [5.74, 6) is 0.647. The summed E-state index contributed by atoms with van der Waals surface area (Å²) in [7, 11) is 3.05.